The molecule has 2 aliphatic heterocycles. The number of ether oxygens (including phenoxy) is 1. The Hall–Kier alpha value is -1.25. The van der Waals surface area contributed by atoms with E-state index in [0.29, 0.717) is 0 Å². The van der Waals surface area contributed by atoms with Crippen LogP contribution in [-0.4, -0.2) is 50.9 Å². The lowest BCUT2D eigenvalue weighted by Gasteiger charge is -2.42. The molecule has 23 heavy (non-hydrogen) atoms. The fourth-order valence-electron chi connectivity index (χ4n) is 3.77. The highest BCUT2D eigenvalue weighted by Gasteiger charge is 2.53. The fourth-order valence-corrected chi connectivity index (χ4v) is 4.15. The minimum atomic E-state index is -0.193. The molecule has 4 heterocycles. The highest BCUT2D eigenvalue weighted by molar-refractivity contribution is 9.10. The number of rotatable bonds is 1. The standard InChI is InChI=1S/C15H21BrN6O/c1-14(2)8-23-15(12(14)17)3-5-21(6-4-15)13-18-7-10(16)11-20-19-9-22(11)13/h7,9,12H,3-6,8,17H2,1-2H3/t12-/m1/s1. The van der Waals surface area contributed by atoms with Crippen molar-refractivity contribution in [3.63, 3.8) is 0 Å². The number of piperidine rings is 1. The lowest BCUT2D eigenvalue weighted by Crippen LogP contribution is -2.56. The Kier molecular flexibility index (Phi) is 3.40. The second-order valence-electron chi connectivity index (χ2n) is 7.24. The normalized spacial score (nSPS) is 26.3. The summed E-state index contributed by atoms with van der Waals surface area (Å²) in [5.74, 6) is 0.869. The quantitative estimate of drug-likeness (QED) is 0.809. The minimum absolute atomic E-state index is 0.0412. The van der Waals surface area contributed by atoms with Crippen LogP contribution in [-0.2, 0) is 4.74 Å². The van der Waals surface area contributed by atoms with Crippen LogP contribution in [0.25, 0.3) is 5.65 Å². The van der Waals surface area contributed by atoms with E-state index in [1.807, 2.05) is 4.40 Å². The summed E-state index contributed by atoms with van der Waals surface area (Å²) in [5.41, 5.74) is 7.14. The molecule has 2 aromatic heterocycles. The van der Waals surface area contributed by atoms with E-state index >= 15 is 0 Å². The zero-order chi connectivity index (χ0) is 16.2. The summed E-state index contributed by atoms with van der Waals surface area (Å²) in [4.78, 5) is 6.81. The van der Waals surface area contributed by atoms with Crippen LogP contribution in [0.2, 0.25) is 0 Å². The molecule has 0 aromatic carbocycles. The molecule has 2 saturated heterocycles. The van der Waals surface area contributed by atoms with Gasteiger partial charge in [-0.1, -0.05) is 13.8 Å². The van der Waals surface area contributed by atoms with Gasteiger partial charge in [-0.2, -0.15) is 0 Å². The first-order valence-corrected chi connectivity index (χ1v) is 8.71. The Balaban J connectivity index is 1.58. The minimum Gasteiger partial charge on any atom is -0.373 e. The van der Waals surface area contributed by atoms with Crippen molar-refractivity contribution in [2.45, 2.75) is 38.3 Å². The Morgan fingerprint density at radius 2 is 2.09 bits per heavy atom. The largest absolute Gasteiger partial charge is 0.373 e. The molecule has 124 valence electrons. The Morgan fingerprint density at radius 3 is 2.74 bits per heavy atom. The molecule has 2 aliphatic rings. The van der Waals surface area contributed by atoms with Crippen LogP contribution in [0, 0.1) is 5.41 Å². The van der Waals surface area contributed by atoms with Gasteiger partial charge in [-0.3, -0.25) is 0 Å². The van der Waals surface area contributed by atoms with E-state index in [1.165, 1.54) is 0 Å². The Morgan fingerprint density at radius 1 is 1.35 bits per heavy atom. The van der Waals surface area contributed by atoms with Crippen molar-refractivity contribution >= 4 is 27.5 Å². The van der Waals surface area contributed by atoms with Crippen LogP contribution in [0.1, 0.15) is 26.7 Å². The van der Waals surface area contributed by atoms with Gasteiger partial charge < -0.3 is 15.4 Å². The first kappa shape index (κ1) is 15.3. The molecule has 0 amide bonds. The van der Waals surface area contributed by atoms with Gasteiger partial charge in [-0.15, -0.1) is 10.2 Å². The van der Waals surface area contributed by atoms with E-state index < -0.39 is 0 Å². The van der Waals surface area contributed by atoms with Crippen LogP contribution < -0.4 is 10.6 Å². The van der Waals surface area contributed by atoms with E-state index in [1.54, 1.807) is 12.5 Å². The van der Waals surface area contributed by atoms with E-state index in [9.17, 15) is 0 Å². The van der Waals surface area contributed by atoms with Gasteiger partial charge in [-0.05, 0) is 28.8 Å². The number of hydrogen-bond acceptors (Lipinski definition) is 6. The summed E-state index contributed by atoms with van der Waals surface area (Å²) in [5, 5.41) is 8.12. The third kappa shape index (κ3) is 2.27. The second-order valence-corrected chi connectivity index (χ2v) is 8.09. The van der Waals surface area contributed by atoms with E-state index in [2.05, 4.69) is 49.9 Å². The SMILES string of the molecule is CC1(C)COC2(CCN(c3ncc(Br)c4nncn34)CC2)[C@@H]1N. The maximum Gasteiger partial charge on any atom is 0.212 e. The number of halogens is 1. The lowest BCUT2D eigenvalue weighted by atomic mass is 9.75. The third-order valence-corrected chi connectivity index (χ3v) is 5.86. The van der Waals surface area contributed by atoms with Gasteiger partial charge >= 0.3 is 0 Å². The van der Waals surface area contributed by atoms with Gasteiger partial charge in [0.2, 0.25) is 5.95 Å². The van der Waals surface area contributed by atoms with E-state index in [-0.39, 0.29) is 17.1 Å². The summed E-state index contributed by atoms with van der Waals surface area (Å²) in [7, 11) is 0. The van der Waals surface area contributed by atoms with Crippen molar-refractivity contribution in [2.75, 3.05) is 24.6 Å². The summed E-state index contributed by atoms with van der Waals surface area (Å²) >= 11 is 3.46. The molecule has 0 radical (unpaired) electrons. The van der Waals surface area contributed by atoms with Crippen molar-refractivity contribution < 1.29 is 4.74 Å². The van der Waals surface area contributed by atoms with Gasteiger partial charge in [0.1, 0.15) is 6.33 Å². The molecule has 2 aromatic rings. The topological polar surface area (TPSA) is 81.6 Å². The molecule has 2 fully saturated rings. The van der Waals surface area contributed by atoms with Gasteiger partial charge in [0.15, 0.2) is 5.65 Å². The molecule has 4 rings (SSSR count). The number of nitrogens with zero attached hydrogens (tertiary/aromatic N) is 5. The summed E-state index contributed by atoms with van der Waals surface area (Å²) in [6, 6.07) is 0.0740. The molecule has 0 unspecified atom stereocenters. The highest BCUT2D eigenvalue weighted by atomic mass is 79.9. The lowest BCUT2D eigenvalue weighted by molar-refractivity contribution is -0.0236. The number of anilines is 1. The number of nitrogens with two attached hydrogens (primary N) is 1. The average Bonchev–Trinajstić information content (AvgIpc) is 3.11. The Bertz CT molecular complexity index is 737. The zero-order valence-corrected chi connectivity index (χ0v) is 15.0. The van der Waals surface area contributed by atoms with Crippen LogP contribution in [0.3, 0.4) is 0 Å². The van der Waals surface area contributed by atoms with Crippen molar-refractivity contribution in [1.82, 2.24) is 19.6 Å². The highest BCUT2D eigenvalue weighted by Crippen LogP contribution is 2.44. The summed E-state index contributed by atoms with van der Waals surface area (Å²) < 4.78 is 8.93. The molecule has 8 heteroatoms. The maximum atomic E-state index is 6.51. The van der Waals surface area contributed by atoms with Crippen molar-refractivity contribution in [3.05, 3.63) is 17.0 Å². The maximum absolute atomic E-state index is 6.51. The van der Waals surface area contributed by atoms with Crippen molar-refractivity contribution in [3.8, 4) is 0 Å². The molecule has 0 bridgehead atoms. The summed E-state index contributed by atoms with van der Waals surface area (Å²) in [6.45, 7) is 6.85. The first-order valence-electron chi connectivity index (χ1n) is 7.92. The van der Waals surface area contributed by atoms with Crippen molar-refractivity contribution in [1.29, 1.82) is 0 Å². The third-order valence-electron chi connectivity index (χ3n) is 5.30. The first-order chi connectivity index (χ1) is 10.9. The molecule has 0 saturated carbocycles. The molecule has 2 N–H and O–H groups in total. The molecule has 1 spiro atoms. The predicted octanol–water partition coefficient (Wildman–Crippen LogP) is 1.61. The average molecular weight is 381 g/mol. The summed E-state index contributed by atoms with van der Waals surface area (Å²) in [6.07, 6.45) is 5.32. The smallest absolute Gasteiger partial charge is 0.212 e. The number of aromatic nitrogens is 4. The van der Waals surface area contributed by atoms with E-state index in [4.69, 9.17) is 10.5 Å². The van der Waals surface area contributed by atoms with Crippen LogP contribution in [0.4, 0.5) is 5.95 Å². The van der Waals surface area contributed by atoms with Crippen LogP contribution >= 0.6 is 15.9 Å². The fraction of sp³-hybridized carbons (Fsp3) is 0.667. The zero-order valence-electron chi connectivity index (χ0n) is 13.4. The molecule has 7 nitrogen and oxygen atoms in total. The molecule has 0 aliphatic carbocycles. The predicted molar refractivity (Wildman–Crippen MR) is 90.4 cm³/mol. The van der Waals surface area contributed by atoms with Crippen LogP contribution in [0.5, 0.6) is 0 Å². The van der Waals surface area contributed by atoms with Gasteiger partial charge in [0.05, 0.1) is 16.7 Å². The van der Waals surface area contributed by atoms with Gasteiger partial charge in [0, 0.05) is 30.7 Å². The van der Waals surface area contributed by atoms with Gasteiger partial charge in [0.25, 0.3) is 0 Å². The van der Waals surface area contributed by atoms with E-state index in [0.717, 1.165) is 48.6 Å². The molecule has 1 atom stereocenters. The monoisotopic (exact) mass is 380 g/mol. The van der Waals surface area contributed by atoms with Gasteiger partial charge in [-0.25, -0.2) is 9.38 Å². The Labute approximate surface area is 143 Å². The second kappa shape index (κ2) is 5.12. The molecular weight excluding hydrogens is 360 g/mol. The molecular formula is C15H21BrN6O. The number of fused-ring (bicyclic) bond motifs is 1. The number of hydrogen-bond donors (Lipinski definition) is 1. The van der Waals surface area contributed by atoms with Crippen LogP contribution in [0.15, 0.2) is 17.0 Å². The van der Waals surface area contributed by atoms with Crippen molar-refractivity contribution in [2.24, 2.45) is 11.1 Å².